The standard InChI is InChI=1S/C23H17FN2O3/c24-17-10-8-15(9-11-17)21(28)25-12-13-26-22(29)19-6-1-2-7-20(19)23(25,26)16-4-3-5-18(27)14-16/h1-11,14,27H,12-13H2. The molecule has 1 N–H and O–H groups in total. The third-order valence-electron chi connectivity index (χ3n) is 5.69. The van der Waals surface area contributed by atoms with Crippen LogP contribution < -0.4 is 0 Å². The number of fused-ring (bicyclic) bond motifs is 3. The highest BCUT2D eigenvalue weighted by atomic mass is 19.1. The zero-order valence-corrected chi connectivity index (χ0v) is 15.4. The van der Waals surface area contributed by atoms with Crippen LogP contribution in [0.5, 0.6) is 5.75 Å². The largest absolute Gasteiger partial charge is 0.508 e. The molecule has 0 saturated carbocycles. The fourth-order valence-electron chi connectivity index (χ4n) is 4.51. The van der Waals surface area contributed by atoms with Crippen LogP contribution in [0, 0.1) is 5.82 Å². The number of carbonyl (C=O) groups is 2. The third-order valence-corrected chi connectivity index (χ3v) is 5.69. The Balaban J connectivity index is 1.75. The number of hydrogen-bond acceptors (Lipinski definition) is 3. The van der Waals surface area contributed by atoms with Gasteiger partial charge in [0.25, 0.3) is 11.8 Å². The van der Waals surface area contributed by atoms with Gasteiger partial charge in [0.2, 0.25) is 0 Å². The minimum atomic E-state index is -1.15. The molecule has 2 aliphatic heterocycles. The summed E-state index contributed by atoms with van der Waals surface area (Å²) in [6.45, 7) is 0.683. The Morgan fingerprint density at radius 3 is 2.48 bits per heavy atom. The van der Waals surface area contributed by atoms with E-state index < -0.39 is 11.5 Å². The summed E-state index contributed by atoms with van der Waals surface area (Å²) in [4.78, 5) is 30.0. The first-order valence-electron chi connectivity index (χ1n) is 9.32. The molecule has 5 nitrogen and oxygen atoms in total. The number of carbonyl (C=O) groups excluding carboxylic acids is 2. The molecule has 144 valence electrons. The minimum absolute atomic E-state index is 0.0507. The Kier molecular flexibility index (Phi) is 3.71. The van der Waals surface area contributed by atoms with E-state index in [1.165, 1.54) is 24.3 Å². The van der Waals surface area contributed by atoms with Crippen LogP contribution in [0.25, 0.3) is 0 Å². The number of aromatic hydroxyl groups is 1. The molecule has 0 radical (unpaired) electrons. The van der Waals surface area contributed by atoms with Gasteiger partial charge < -0.3 is 14.9 Å². The fourth-order valence-corrected chi connectivity index (χ4v) is 4.51. The topological polar surface area (TPSA) is 60.9 Å². The van der Waals surface area contributed by atoms with Crippen molar-refractivity contribution in [2.75, 3.05) is 13.1 Å². The highest BCUT2D eigenvalue weighted by Crippen LogP contribution is 2.50. The van der Waals surface area contributed by atoms with E-state index in [9.17, 15) is 19.1 Å². The van der Waals surface area contributed by atoms with Gasteiger partial charge in [-0.15, -0.1) is 0 Å². The molecule has 2 heterocycles. The van der Waals surface area contributed by atoms with E-state index in [0.717, 1.165) is 0 Å². The van der Waals surface area contributed by atoms with Crippen LogP contribution in [-0.2, 0) is 5.66 Å². The van der Waals surface area contributed by atoms with E-state index in [1.54, 1.807) is 46.2 Å². The molecular formula is C23H17FN2O3. The quantitative estimate of drug-likeness (QED) is 0.733. The van der Waals surface area contributed by atoms with Crippen LogP contribution in [0.1, 0.15) is 31.8 Å². The second-order valence-corrected chi connectivity index (χ2v) is 7.19. The van der Waals surface area contributed by atoms with E-state index in [1.807, 2.05) is 12.1 Å². The van der Waals surface area contributed by atoms with Crippen LogP contribution in [0.2, 0.25) is 0 Å². The van der Waals surface area contributed by atoms with E-state index in [4.69, 9.17) is 0 Å². The molecule has 1 fully saturated rings. The number of halogens is 1. The Bertz CT molecular complexity index is 1140. The maximum absolute atomic E-state index is 13.5. The van der Waals surface area contributed by atoms with Crippen LogP contribution in [0.15, 0.2) is 72.8 Å². The van der Waals surface area contributed by atoms with Crippen molar-refractivity contribution >= 4 is 11.8 Å². The number of phenols is 1. The molecule has 6 heteroatoms. The number of hydrogen-bond donors (Lipinski definition) is 1. The van der Waals surface area contributed by atoms with Crippen molar-refractivity contribution < 1.29 is 19.1 Å². The molecule has 1 saturated heterocycles. The highest BCUT2D eigenvalue weighted by molar-refractivity contribution is 6.03. The molecule has 29 heavy (non-hydrogen) atoms. The molecule has 2 aliphatic rings. The van der Waals surface area contributed by atoms with Crippen LogP contribution in [0.3, 0.4) is 0 Å². The summed E-state index contributed by atoms with van der Waals surface area (Å²) < 4.78 is 13.4. The maximum atomic E-state index is 13.5. The first-order valence-corrected chi connectivity index (χ1v) is 9.32. The zero-order valence-electron chi connectivity index (χ0n) is 15.4. The second-order valence-electron chi connectivity index (χ2n) is 7.19. The highest BCUT2D eigenvalue weighted by Gasteiger charge is 2.59. The Morgan fingerprint density at radius 2 is 1.72 bits per heavy atom. The average molecular weight is 388 g/mol. The lowest BCUT2D eigenvalue weighted by atomic mass is 9.89. The molecule has 2 amide bonds. The van der Waals surface area contributed by atoms with Crippen LogP contribution in [-0.4, -0.2) is 39.8 Å². The molecule has 1 atom stereocenters. The molecule has 3 aromatic carbocycles. The van der Waals surface area contributed by atoms with E-state index in [-0.39, 0.29) is 17.6 Å². The summed E-state index contributed by atoms with van der Waals surface area (Å²) in [5, 5.41) is 10.1. The summed E-state index contributed by atoms with van der Waals surface area (Å²) >= 11 is 0. The zero-order chi connectivity index (χ0) is 20.2. The Hall–Kier alpha value is -3.67. The molecule has 0 bridgehead atoms. The lowest BCUT2D eigenvalue weighted by molar-refractivity contribution is 0.0374. The first-order chi connectivity index (χ1) is 14.0. The van der Waals surface area contributed by atoms with Crippen molar-refractivity contribution in [3.63, 3.8) is 0 Å². The smallest absolute Gasteiger partial charge is 0.256 e. The van der Waals surface area contributed by atoms with Crippen molar-refractivity contribution in [1.29, 1.82) is 0 Å². The van der Waals surface area contributed by atoms with E-state index >= 15 is 0 Å². The summed E-state index contributed by atoms with van der Waals surface area (Å²) in [5.74, 6) is -0.831. The van der Waals surface area contributed by atoms with Crippen molar-refractivity contribution in [1.82, 2.24) is 9.80 Å². The average Bonchev–Trinajstić information content (AvgIpc) is 3.24. The van der Waals surface area contributed by atoms with E-state index in [2.05, 4.69) is 0 Å². The minimum Gasteiger partial charge on any atom is -0.508 e. The summed E-state index contributed by atoms with van der Waals surface area (Å²) in [6, 6.07) is 19.2. The summed E-state index contributed by atoms with van der Waals surface area (Å²) in [5.41, 5.74) is 1.04. The molecule has 0 aliphatic carbocycles. The molecule has 1 unspecified atom stereocenters. The Labute approximate surface area is 166 Å². The fraction of sp³-hybridized carbons (Fsp3) is 0.130. The number of amides is 2. The summed E-state index contributed by atoms with van der Waals surface area (Å²) in [6.07, 6.45) is 0. The monoisotopic (exact) mass is 388 g/mol. The number of rotatable bonds is 2. The molecule has 0 spiro atoms. The van der Waals surface area contributed by atoms with Gasteiger partial charge in [0, 0.05) is 35.3 Å². The van der Waals surface area contributed by atoms with Gasteiger partial charge in [-0.3, -0.25) is 9.59 Å². The van der Waals surface area contributed by atoms with Gasteiger partial charge in [-0.1, -0.05) is 30.3 Å². The second kappa shape index (κ2) is 6.17. The maximum Gasteiger partial charge on any atom is 0.256 e. The van der Waals surface area contributed by atoms with Crippen molar-refractivity contribution in [3.8, 4) is 5.75 Å². The molecule has 5 rings (SSSR count). The van der Waals surface area contributed by atoms with Crippen LogP contribution >= 0.6 is 0 Å². The van der Waals surface area contributed by atoms with Gasteiger partial charge in [-0.25, -0.2) is 4.39 Å². The molecule has 0 aromatic heterocycles. The SMILES string of the molecule is O=C(c1ccc(F)cc1)N1CCN2C(=O)c3ccccc3C12c1cccc(O)c1. The summed E-state index contributed by atoms with van der Waals surface area (Å²) in [7, 11) is 0. The lowest BCUT2D eigenvalue weighted by Gasteiger charge is -2.40. The number of benzene rings is 3. The van der Waals surface area contributed by atoms with Crippen LogP contribution in [0.4, 0.5) is 4.39 Å². The number of phenolic OH excluding ortho intramolecular Hbond substituents is 1. The normalized spacial score (nSPS) is 20.0. The predicted octanol–water partition coefficient (Wildman–Crippen LogP) is 3.34. The molecular weight excluding hydrogens is 371 g/mol. The van der Waals surface area contributed by atoms with Gasteiger partial charge in [0.15, 0.2) is 5.66 Å². The predicted molar refractivity (Wildman–Crippen MR) is 104 cm³/mol. The van der Waals surface area contributed by atoms with Crippen molar-refractivity contribution in [2.24, 2.45) is 0 Å². The van der Waals surface area contributed by atoms with E-state index in [0.29, 0.717) is 35.3 Å². The van der Waals surface area contributed by atoms with Crippen molar-refractivity contribution in [2.45, 2.75) is 5.66 Å². The first kappa shape index (κ1) is 17.4. The van der Waals surface area contributed by atoms with Gasteiger partial charge in [0.1, 0.15) is 11.6 Å². The van der Waals surface area contributed by atoms with Gasteiger partial charge in [-0.2, -0.15) is 0 Å². The third kappa shape index (κ3) is 2.32. The lowest BCUT2D eigenvalue weighted by Crippen LogP contribution is -2.51. The Morgan fingerprint density at radius 1 is 0.966 bits per heavy atom. The molecule has 3 aromatic rings. The van der Waals surface area contributed by atoms with Gasteiger partial charge in [0.05, 0.1) is 0 Å². The van der Waals surface area contributed by atoms with Gasteiger partial charge in [-0.05, 0) is 42.5 Å². The van der Waals surface area contributed by atoms with Gasteiger partial charge >= 0.3 is 0 Å². The number of nitrogens with zero attached hydrogens (tertiary/aromatic N) is 2. The van der Waals surface area contributed by atoms with Crippen molar-refractivity contribution in [3.05, 3.63) is 101 Å².